The lowest BCUT2D eigenvalue weighted by Gasteiger charge is -2.31. The molecular weight excluding hydrogens is 290 g/mol. The average molecular weight is 321 g/mol. The first kappa shape index (κ1) is 18.0. The van der Waals surface area contributed by atoms with Gasteiger partial charge in [-0.3, -0.25) is 9.59 Å². The Morgan fingerprint density at radius 3 is 1.96 bits per heavy atom. The normalized spacial score (nSPS) is 28.3. The van der Waals surface area contributed by atoms with E-state index in [0.717, 1.165) is 58.0 Å². The van der Waals surface area contributed by atoms with Crippen LogP contribution in [0.3, 0.4) is 0 Å². The first-order chi connectivity index (χ1) is 11.1. The summed E-state index contributed by atoms with van der Waals surface area (Å²) in [6.45, 7) is 5.87. The Bertz CT molecular complexity index is 436. The van der Waals surface area contributed by atoms with E-state index >= 15 is 0 Å². The Kier molecular flexibility index (Phi) is 6.67. The van der Waals surface area contributed by atoms with Crippen LogP contribution in [0.1, 0.15) is 58.8 Å². The Hall–Kier alpha value is -1.32. The van der Waals surface area contributed by atoms with Crippen molar-refractivity contribution in [2.75, 3.05) is 13.1 Å². The van der Waals surface area contributed by atoms with E-state index in [2.05, 4.69) is 19.9 Å². The number of nitrogens with zero attached hydrogens (tertiary/aromatic N) is 1. The highest BCUT2D eigenvalue weighted by molar-refractivity contribution is 5.87. The minimum atomic E-state index is -0.803. The molecule has 0 aromatic rings. The molecule has 0 radical (unpaired) electrons. The van der Waals surface area contributed by atoms with Crippen LogP contribution < -0.4 is 0 Å². The summed E-state index contributed by atoms with van der Waals surface area (Å²) in [6.07, 6.45) is 11.5. The molecule has 0 aromatic carbocycles. The third kappa shape index (κ3) is 4.15. The lowest BCUT2D eigenvalue weighted by atomic mass is 9.82. The molecule has 4 nitrogen and oxygen atoms in total. The molecule has 4 atom stereocenters. The van der Waals surface area contributed by atoms with E-state index in [-0.39, 0.29) is 23.7 Å². The predicted molar refractivity (Wildman–Crippen MR) is 91.0 cm³/mol. The van der Waals surface area contributed by atoms with Crippen molar-refractivity contribution < 1.29 is 14.7 Å². The van der Waals surface area contributed by atoms with Crippen molar-refractivity contribution in [1.29, 1.82) is 0 Å². The smallest absolute Gasteiger partial charge is 0.307 e. The monoisotopic (exact) mass is 321 g/mol. The molecule has 2 rings (SSSR count). The number of hydrogen-bond donors (Lipinski definition) is 1. The van der Waals surface area contributed by atoms with Gasteiger partial charge in [0.25, 0.3) is 0 Å². The standard InChI is InChI=1S/C19H31NO3/c1-3-5-7-11-20(12-8-6-4-2)18(21)16-14-9-10-15(13-14)17(16)19(22)23/h9-10,14-17H,3-8,11-13H2,1-2H3,(H,22,23)/t14-,15-,16+,17+/m0/s1. The van der Waals surface area contributed by atoms with Crippen LogP contribution >= 0.6 is 0 Å². The van der Waals surface area contributed by atoms with E-state index in [0.29, 0.717) is 0 Å². The van der Waals surface area contributed by atoms with Crippen LogP contribution in [-0.4, -0.2) is 35.0 Å². The maximum atomic E-state index is 13.1. The van der Waals surface area contributed by atoms with Gasteiger partial charge >= 0.3 is 5.97 Å². The summed E-state index contributed by atoms with van der Waals surface area (Å²) >= 11 is 0. The molecule has 2 bridgehead atoms. The van der Waals surface area contributed by atoms with E-state index in [1.165, 1.54) is 0 Å². The SMILES string of the molecule is CCCCCN(CCCCC)C(=O)[C@H]1[C@H](C(=O)O)[C@H]2C=C[C@H]1C2. The first-order valence-electron chi connectivity index (χ1n) is 9.30. The number of carbonyl (C=O) groups is 2. The molecular formula is C19H31NO3. The van der Waals surface area contributed by atoms with Gasteiger partial charge in [0.05, 0.1) is 11.8 Å². The number of carboxylic acids is 1. The number of carbonyl (C=O) groups excluding carboxylic acids is 1. The van der Waals surface area contributed by atoms with Gasteiger partial charge in [0, 0.05) is 13.1 Å². The summed E-state index contributed by atoms with van der Waals surface area (Å²) in [6, 6.07) is 0. The molecule has 0 unspecified atom stereocenters. The zero-order chi connectivity index (χ0) is 16.8. The molecule has 23 heavy (non-hydrogen) atoms. The van der Waals surface area contributed by atoms with Crippen LogP contribution in [0.25, 0.3) is 0 Å². The van der Waals surface area contributed by atoms with Crippen LogP contribution in [0.4, 0.5) is 0 Å². The lowest BCUT2D eigenvalue weighted by molar-refractivity contribution is -0.151. The minimum absolute atomic E-state index is 0.0552. The van der Waals surface area contributed by atoms with Crippen molar-refractivity contribution in [2.45, 2.75) is 58.8 Å². The molecule has 1 N–H and O–H groups in total. The molecule has 2 aliphatic rings. The van der Waals surface area contributed by atoms with Crippen molar-refractivity contribution in [1.82, 2.24) is 4.90 Å². The molecule has 1 fully saturated rings. The van der Waals surface area contributed by atoms with Gasteiger partial charge in [0.2, 0.25) is 5.91 Å². The number of aliphatic carboxylic acids is 1. The molecule has 1 amide bonds. The maximum absolute atomic E-state index is 13.1. The first-order valence-corrected chi connectivity index (χ1v) is 9.30. The Labute approximate surface area is 139 Å². The van der Waals surface area contributed by atoms with Gasteiger partial charge in [0.15, 0.2) is 0 Å². The summed E-state index contributed by atoms with van der Waals surface area (Å²) in [4.78, 5) is 26.7. The molecule has 0 aliphatic heterocycles. The van der Waals surface area contributed by atoms with Gasteiger partial charge in [-0.1, -0.05) is 51.7 Å². The molecule has 0 aromatic heterocycles. The van der Waals surface area contributed by atoms with Crippen molar-refractivity contribution in [3.05, 3.63) is 12.2 Å². The number of hydrogen-bond acceptors (Lipinski definition) is 2. The molecule has 130 valence electrons. The van der Waals surface area contributed by atoms with Crippen LogP contribution in [0.2, 0.25) is 0 Å². The third-order valence-corrected chi connectivity index (χ3v) is 5.40. The fraction of sp³-hybridized carbons (Fsp3) is 0.789. The van der Waals surface area contributed by atoms with E-state index in [1.807, 2.05) is 11.0 Å². The number of fused-ring (bicyclic) bond motifs is 2. The van der Waals surface area contributed by atoms with Crippen LogP contribution in [0.15, 0.2) is 12.2 Å². The predicted octanol–water partition coefficient (Wildman–Crippen LogP) is 3.72. The Balaban J connectivity index is 2.05. The van der Waals surface area contributed by atoms with E-state index in [9.17, 15) is 14.7 Å². The van der Waals surface area contributed by atoms with Crippen molar-refractivity contribution in [2.24, 2.45) is 23.7 Å². The topological polar surface area (TPSA) is 57.6 Å². The summed E-state index contributed by atoms with van der Waals surface area (Å²) in [7, 11) is 0. The molecule has 0 heterocycles. The second-order valence-electron chi connectivity index (χ2n) is 7.08. The van der Waals surface area contributed by atoms with Gasteiger partial charge in [-0.2, -0.15) is 0 Å². The zero-order valence-electron chi connectivity index (χ0n) is 14.5. The largest absolute Gasteiger partial charge is 0.481 e. The van der Waals surface area contributed by atoms with Crippen LogP contribution in [0, 0.1) is 23.7 Å². The van der Waals surface area contributed by atoms with Crippen molar-refractivity contribution >= 4 is 11.9 Å². The highest BCUT2D eigenvalue weighted by atomic mass is 16.4. The summed E-state index contributed by atoms with van der Waals surface area (Å²) < 4.78 is 0. The Morgan fingerprint density at radius 2 is 1.48 bits per heavy atom. The highest BCUT2D eigenvalue weighted by Crippen LogP contribution is 2.48. The van der Waals surface area contributed by atoms with E-state index < -0.39 is 11.9 Å². The lowest BCUT2D eigenvalue weighted by Crippen LogP contribution is -2.43. The second-order valence-corrected chi connectivity index (χ2v) is 7.08. The second kappa shape index (κ2) is 8.51. The summed E-state index contributed by atoms with van der Waals surface area (Å²) in [5.74, 6) is -1.39. The molecule has 2 aliphatic carbocycles. The Morgan fingerprint density at radius 1 is 0.957 bits per heavy atom. The molecule has 0 spiro atoms. The average Bonchev–Trinajstić information content (AvgIpc) is 3.14. The van der Waals surface area contributed by atoms with Crippen LogP contribution in [-0.2, 0) is 9.59 Å². The van der Waals surface area contributed by atoms with Gasteiger partial charge in [-0.25, -0.2) is 0 Å². The van der Waals surface area contributed by atoms with Crippen LogP contribution in [0.5, 0.6) is 0 Å². The number of carboxylic acid groups (broad SMARTS) is 1. The highest BCUT2D eigenvalue weighted by Gasteiger charge is 2.52. The fourth-order valence-corrected chi connectivity index (χ4v) is 4.14. The summed E-state index contributed by atoms with van der Waals surface area (Å²) in [5, 5.41) is 9.56. The molecule has 0 saturated heterocycles. The maximum Gasteiger partial charge on any atom is 0.307 e. The number of allylic oxidation sites excluding steroid dienone is 2. The van der Waals surface area contributed by atoms with Crippen molar-refractivity contribution in [3.8, 4) is 0 Å². The number of unbranched alkanes of at least 4 members (excludes halogenated alkanes) is 4. The summed E-state index contributed by atoms with van der Waals surface area (Å²) in [5.41, 5.74) is 0. The molecule has 4 heteroatoms. The fourth-order valence-electron chi connectivity index (χ4n) is 4.14. The minimum Gasteiger partial charge on any atom is -0.481 e. The third-order valence-electron chi connectivity index (χ3n) is 5.40. The number of rotatable bonds is 10. The number of amides is 1. The van der Waals surface area contributed by atoms with Gasteiger partial charge in [-0.15, -0.1) is 0 Å². The van der Waals surface area contributed by atoms with E-state index in [1.54, 1.807) is 0 Å². The van der Waals surface area contributed by atoms with Gasteiger partial charge in [-0.05, 0) is 31.1 Å². The quantitative estimate of drug-likeness (QED) is 0.493. The van der Waals surface area contributed by atoms with Gasteiger partial charge < -0.3 is 10.0 Å². The van der Waals surface area contributed by atoms with E-state index in [4.69, 9.17) is 0 Å². The zero-order valence-corrected chi connectivity index (χ0v) is 14.5. The van der Waals surface area contributed by atoms with Crippen molar-refractivity contribution in [3.63, 3.8) is 0 Å². The van der Waals surface area contributed by atoms with Gasteiger partial charge in [0.1, 0.15) is 0 Å². The molecule has 1 saturated carbocycles.